The van der Waals surface area contributed by atoms with Crippen molar-refractivity contribution in [1.82, 2.24) is 9.97 Å². The number of thiophene rings is 1. The van der Waals surface area contributed by atoms with Gasteiger partial charge in [-0.1, -0.05) is 13.8 Å². The van der Waals surface area contributed by atoms with Gasteiger partial charge < -0.3 is 5.32 Å². The summed E-state index contributed by atoms with van der Waals surface area (Å²) in [6.45, 7) is 5.16. The van der Waals surface area contributed by atoms with Crippen molar-refractivity contribution in [3.63, 3.8) is 0 Å². The summed E-state index contributed by atoms with van der Waals surface area (Å²) in [7, 11) is 0. The van der Waals surface area contributed by atoms with Crippen LogP contribution in [0.1, 0.15) is 47.2 Å². The Kier molecular flexibility index (Phi) is 3.51. The molecule has 0 atom stereocenters. The van der Waals surface area contributed by atoms with E-state index in [0.29, 0.717) is 5.92 Å². The minimum atomic E-state index is 0.439. The minimum absolute atomic E-state index is 0.439. The molecule has 2 aromatic rings. The van der Waals surface area contributed by atoms with Gasteiger partial charge in [-0.25, -0.2) is 9.97 Å². The third-order valence-corrected chi connectivity index (χ3v) is 4.76. The summed E-state index contributed by atoms with van der Waals surface area (Å²) in [5, 5.41) is 3.40. The van der Waals surface area contributed by atoms with Crippen LogP contribution in [0.4, 0.5) is 5.82 Å². The van der Waals surface area contributed by atoms with Gasteiger partial charge in [-0.05, 0) is 36.8 Å². The summed E-state index contributed by atoms with van der Waals surface area (Å²) in [6.07, 6.45) is 5.51. The SMILES string of the molecule is CC(C)c1cc(NCc2cc3c(s2)CCC3)ncn1. The van der Waals surface area contributed by atoms with Crippen molar-refractivity contribution in [3.8, 4) is 0 Å². The minimum Gasteiger partial charge on any atom is -0.365 e. The van der Waals surface area contributed by atoms with Crippen molar-refractivity contribution in [2.24, 2.45) is 0 Å². The maximum atomic E-state index is 4.29. The molecule has 1 aliphatic rings. The van der Waals surface area contributed by atoms with E-state index in [1.165, 1.54) is 24.1 Å². The zero-order chi connectivity index (χ0) is 13.2. The van der Waals surface area contributed by atoms with Crippen molar-refractivity contribution in [3.05, 3.63) is 39.5 Å². The van der Waals surface area contributed by atoms with Gasteiger partial charge in [0.15, 0.2) is 0 Å². The molecule has 0 amide bonds. The van der Waals surface area contributed by atoms with Crippen molar-refractivity contribution < 1.29 is 0 Å². The summed E-state index contributed by atoms with van der Waals surface area (Å²) in [5.74, 6) is 1.36. The lowest BCUT2D eigenvalue weighted by atomic mass is 10.1. The average molecular weight is 273 g/mol. The molecule has 0 aromatic carbocycles. The molecule has 0 saturated carbocycles. The average Bonchev–Trinajstić information content (AvgIpc) is 2.97. The number of hydrogen-bond donors (Lipinski definition) is 1. The van der Waals surface area contributed by atoms with Crippen molar-refractivity contribution in [2.45, 2.75) is 45.6 Å². The Labute approximate surface area is 118 Å². The summed E-state index contributed by atoms with van der Waals surface area (Å²) in [5.41, 5.74) is 2.65. The number of fused-ring (bicyclic) bond motifs is 1. The van der Waals surface area contributed by atoms with E-state index in [1.807, 2.05) is 17.4 Å². The van der Waals surface area contributed by atoms with Crippen molar-refractivity contribution in [2.75, 3.05) is 5.32 Å². The molecule has 3 nitrogen and oxygen atoms in total. The van der Waals surface area contributed by atoms with Crippen LogP contribution in [0, 0.1) is 0 Å². The molecule has 0 bridgehead atoms. The highest BCUT2D eigenvalue weighted by atomic mass is 32.1. The molecule has 19 heavy (non-hydrogen) atoms. The highest BCUT2D eigenvalue weighted by Gasteiger charge is 2.14. The van der Waals surface area contributed by atoms with E-state index in [9.17, 15) is 0 Å². The number of rotatable bonds is 4. The second-order valence-electron chi connectivity index (χ2n) is 5.35. The molecule has 2 aromatic heterocycles. The summed E-state index contributed by atoms with van der Waals surface area (Å²) >= 11 is 1.95. The van der Waals surface area contributed by atoms with Gasteiger partial charge in [0.25, 0.3) is 0 Å². The topological polar surface area (TPSA) is 37.8 Å². The van der Waals surface area contributed by atoms with Gasteiger partial charge >= 0.3 is 0 Å². The summed E-state index contributed by atoms with van der Waals surface area (Å²) in [6, 6.07) is 4.40. The predicted octanol–water partition coefficient (Wildman–Crippen LogP) is 3.76. The van der Waals surface area contributed by atoms with Crippen molar-refractivity contribution >= 4 is 17.2 Å². The fourth-order valence-corrected chi connectivity index (χ4v) is 3.64. The molecular formula is C15H19N3S. The quantitative estimate of drug-likeness (QED) is 0.921. The van der Waals surface area contributed by atoms with E-state index in [2.05, 4.69) is 35.2 Å². The maximum absolute atomic E-state index is 4.29. The first-order chi connectivity index (χ1) is 9.22. The summed E-state index contributed by atoms with van der Waals surface area (Å²) in [4.78, 5) is 11.6. The number of aromatic nitrogens is 2. The number of nitrogens with zero attached hydrogens (tertiary/aromatic N) is 2. The Bertz CT molecular complexity index is 553. The Morgan fingerprint density at radius 1 is 1.26 bits per heavy atom. The van der Waals surface area contributed by atoms with Crippen LogP contribution in [0.25, 0.3) is 0 Å². The Morgan fingerprint density at radius 3 is 2.95 bits per heavy atom. The molecule has 0 spiro atoms. The Morgan fingerprint density at radius 2 is 2.16 bits per heavy atom. The van der Waals surface area contributed by atoms with E-state index >= 15 is 0 Å². The van der Waals surface area contributed by atoms with Gasteiger partial charge in [0.2, 0.25) is 0 Å². The fraction of sp³-hybridized carbons (Fsp3) is 0.467. The third kappa shape index (κ3) is 2.78. The maximum Gasteiger partial charge on any atom is 0.129 e. The number of nitrogens with one attached hydrogen (secondary N) is 1. The number of hydrogen-bond acceptors (Lipinski definition) is 4. The zero-order valence-electron chi connectivity index (χ0n) is 11.4. The van der Waals surface area contributed by atoms with E-state index < -0.39 is 0 Å². The molecule has 1 N–H and O–H groups in total. The molecule has 0 aliphatic heterocycles. The zero-order valence-corrected chi connectivity index (χ0v) is 12.3. The van der Waals surface area contributed by atoms with E-state index in [1.54, 1.807) is 16.8 Å². The molecule has 0 fully saturated rings. The van der Waals surface area contributed by atoms with Crippen LogP contribution in [0.15, 0.2) is 18.5 Å². The highest BCUT2D eigenvalue weighted by molar-refractivity contribution is 7.12. The van der Waals surface area contributed by atoms with Crippen molar-refractivity contribution in [1.29, 1.82) is 0 Å². The standard InChI is InChI=1S/C15H19N3S/c1-10(2)13-7-15(18-9-17-13)16-8-12-6-11-4-3-5-14(11)19-12/h6-7,9-10H,3-5,8H2,1-2H3,(H,16,17,18). The van der Waals surface area contributed by atoms with Crippen LogP contribution < -0.4 is 5.32 Å². The molecule has 0 radical (unpaired) electrons. The van der Waals surface area contributed by atoms with Crippen LogP contribution >= 0.6 is 11.3 Å². The van der Waals surface area contributed by atoms with Gasteiger partial charge in [0.1, 0.15) is 12.1 Å². The van der Waals surface area contributed by atoms with Crippen LogP contribution in [0.5, 0.6) is 0 Å². The molecule has 1 aliphatic carbocycles. The van der Waals surface area contributed by atoms with Gasteiger partial charge in [0, 0.05) is 21.5 Å². The largest absolute Gasteiger partial charge is 0.365 e. The van der Waals surface area contributed by atoms with Gasteiger partial charge in [-0.15, -0.1) is 11.3 Å². The molecular weight excluding hydrogens is 254 g/mol. The molecule has 4 heteroatoms. The molecule has 3 rings (SSSR count). The van der Waals surface area contributed by atoms with E-state index in [0.717, 1.165) is 18.1 Å². The lowest BCUT2D eigenvalue weighted by Gasteiger charge is -2.07. The lowest BCUT2D eigenvalue weighted by molar-refractivity contribution is 0.814. The second kappa shape index (κ2) is 5.29. The first kappa shape index (κ1) is 12.6. The summed E-state index contributed by atoms with van der Waals surface area (Å²) < 4.78 is 0. The van der Waals surface area contributed by atoms with Crippen LogP contribution in [-0.2, 0) is 19.4 Å². The molecule has 0 saturated heterocycles. The first-order valence-corrected chi connectivity index (χ1v) is 7.70. The molecule has 100 valence electrons. The van der Waals surface area contributed by atoms with E-state index in [4.69, 9.17) is 0 Å². The van der Waals surface area contributed by atoms with E-state index in [-0.39, 0.29) is 0 Å². The molecule has 0 unspecified atom stereocenters. The highest BCUT2D eigenvalue weighted by Crippen LogP contribution is 2.30. The Hall–Kier alpha value is -1.42. The van der Waals surface area contributed by atoms with Crippen LogP contribution in [0.3, 0.4) is 0 Å². The van der Waals surface area contributed by atoms with Gasteiger partial charge in [-0.3, -0.25) is 0 Å². The lowest BCUT2D eigenvalue weighted by Crippen LogP contribution is -2.02. The Balaban J connectivity index is 1.66. The molecule has 2 heterocycles. The van der Waals surface area contributed by atoms with Crippen LogP contribution in [-0.4, -0.2) is 9.97 Å². The number of anilines is 1. The fourth-order valence-electron chi connectivity index (χ4n) is 2.44. The van der Waals surface area contributed by atoms with Gasteiger partial charge in [-0.2, -0.15) is 0 Å². The number of aryl methyl sites for hydroxylation is 2. The third-order valence-electron chi connectivity index (χ3n) is 3.52. The van der Waals surface area contributed by atoms with Gasteiger partial charge in [0.05, 0.1) is 6.54 Å². The first-order valence-electron chi connectivity index (χ1n) is 6.88. The monoisotopic (exact) mass is 273 g/mol. The van der Waals surface area contributed by atoms with Crippen LogP contribution in [0.2, 0.25) is 0 Å². The smallest absolute Gasteiger partial charge is 0.129 e. The predicted molar refractivity (Wildman–Crippen MR) is 79.8 cm³/mol. The normalized spacial score (nSPS) is 13.8. The second-order valence-corrected chi connectivity index (χ2v) is 6.57.